The van der Waals surface area contributed by atoms with Crippen molar-refractivity contribution in [2.75, 3.05) is 7.05 Å². The molecule has 1 N–H and O–H groups in total. The van der Waals surface area contributed by atoms with Crippen LogP contribution in [0.3, 0.4) is 0 Å². The van der Waals surface area contributed by atoms with Gasteiger partial charge in [0.05, 0.1) is 11.9 Å². The van der Waals surface area contributed by atoms with Crippen LogP contribution < -0.4 is 5.32 Å². The molecule has 0 saturated heterocycles. The SMILES string of the molecule is CNCc1c(-c2cn(C)c3ccccc23)cnn1C. The summed E-state index contributed by atoms with van der Waals surface area (Å²) in [4.78, 5) is 0. The molecule has 3 aromatic rings. The lowest BCUT2D eigenvalue weighted by Gasteiger charge is -2.04. The third kappa shape index (κ3) is 1.85. The van der Waals surface area contributed by atoms with Crippen LogP contribution in [0.1, 0.15) is 5.69 Å². The van der Waals surface area contributed by atoms with Gasteiger partial charge < -0.3 is 9.88 Å². The Morgan fingerprint density at radius 1 is 1.16 bits per heavy atom. The van der Waals surface area contributed by atoms with Crippen molar-refractivity contribution in [3.05, 3.63) is 42.4 Å². The molecule has 0 aliphatic heterocycles. The maximum atomic E-state index is 4.40. The van der Waals surface area contributed by atoms with Gasteiger partial charge in [0.25, 0.3) is 0 Å². The second kappa shape index (κ2) is 4.55. The lowest BCUT2D eigenvalue weighted by molar-refractivity contribution is 0.673. The Morgan fingerprint density at radius 2 is 1.95 bits per heavy atom. The molecular weight excluding hydrogens is 236 g/mol. The molecule has 19 heavy (non-hydrogen) atoms. The number of aryl methyl sites for hydroxylation is 2. The van der Waals surface area contributed by atoms with E-state index >= 15 is 0 Å². The summed E-state index contributed by atoms with van der Waals surface area (Å²) in [6, 6.07) is 8.47. The fourth-order valence-electron chi connectivity index (χ4n) is 2.62. The zero-order valence-corrected chi connectivity index (χ0v) is 11.5. The molecule has 0 aliphatic rings. The van der Waals surface area contributed by atoms with Gasteiger partial charge >= 0.3 is 0 Å². The Balaban J connectivity index is 2.25. The Labute approximate surface area is 112 Å². The van der Waals surface area contributed by atoms with E-state index in [-0.39, 0.29) is 0 Å². The second-order valence-corrected chi connectivity index (χ2v) is 4.83. The Kier molecular flexibility index (Phi) is 2.87. The smallest absolute Gasteiger partial charge is 0.0597 e. The van der Waals surface area contributed by atoms with Gasteiger partial charge in [-0.15, -0.1) is 0 Å². The van der Waals surface area contributed by atoms with Crippen LogP contribution in [0.5, 0.6) is 0 Å². The first kappa shape index (κ1) is 12.0. The lowest BCUT2D eigenvalue weighted by atomic mass is 10.1. The van der Waals surface area contributed by atoms with Gasteiger partial charge in [0.1, 0.15) is 0 Å². The van der Waals surface area contributed by atoms with Crippen LogP contribution in [0, 0.1) is 0 Å². The summed E-state index contributed by atoms with van der Waals surface area (Å²) in [5.74, 6) is 0. The minimum absolute atomic E-state index is 0.815. The van der Waals surface area contributed by atoms with Crippen molar-refractivity contribution in [3.8, 4) is 11.1 Å². The predicted octanol–water partition coefficient (Wildman–Crippen LogP) is 2.30. The highest BCUT2D eigenvalue weighted by Gasteiger charge is 2.14. The number of para-hydroxylation sites is 1. The first-order chi connectivity index (χ1) is 9.22. The summed E-state index contributed by atoms with van der Waals surface area (Å²) < 4.78 is 4.11. The fourth-order valence-corrected chi connectivity index (χ4v) is 2.62. The van der Waals surface area contributed by atoms with Crippen molar-refractivity contribution < 1.29 is 0 Å². The summed E-state index contributed by atoms with van der Waals surface area (Å²) in [7, 11) is 6.03. The van der Waals surface area contributed by atoms with Crippen LogP contribution in [-0.4, -0.2) is 21.4 Å². The molecule has 4 heteroatoms. The van der Waals surface area contributed by atoms with E-state index < -0.39 is 0 Å². The number of benzene rings is 1. The molecule has 98 valence electrons. The topological polar surface area (TPSA) is 34.8 Å². The first-order valence-corrected chi connectivity index (χ1v) is 6.42. The minimum Gasteiger partial charge on any atom is -0.350 e. The number of nitrogens with one attached hydrogen (secondary N) is 1. The van der Waals surface area contributed by atoms with E-state index in [0.29, 0.717) is 0 Å². The Morgan fingerprint density at radius 3 is 2.74 bits per heavy atom. The van der Waals surface area contributed by atoms with E-state index in [4.69, 9.17) is 0 Å². The number of aromatic nitrogens is 3. The number of hydrogen-bond acceptors (Lipinski definition) is 2. The quantitative estimate of drug-likeness (QED) is 0.778. The molecule has 2 aromatic heterocycles. The molecule has 1 aromatic carbocycles. The van der Waals surface area contributed by atoms with Crippen LogP contribution >= 0.6 is 0 Å². The summed E-state index contributed by atoms with van der Waals surface area (Å²) in [5, 5.41) is 8.88. The van der Waals surface area contributed by atoms with Crippen LogP contribution in [-0.2, 0) is 20.6 Å². The molecule has 0 atom stereocenters. The number of rotatable bonds is 3. The summed E-state index contributed by atoms with van der Waals surface area (Å²) in [5.41, 5.74) is 4.90. The zero-order chi connectivity index (χ0) is 13.4. The molecule has 0 amide bonds. The van der Waals surface area contributed by atoms with Crippen LogP contribution in [0.25, 0.3) is 22.0 Å². The van der Waals surface area contributed by atoms with Crippen molar-refractivity contribution in [2.24, 2.45) is 14.1 Å². The Hall–Kier alpha value is -2.07. The standard InChI is InChI=1S/C15H18N4/c1-16-9-15-12(8-17-19(15)3)13-10-18(2)14-7-5-4-6-11(13)14/h4-8,10,16H,9H2,1-3H3. The molecule has 0 fully saturated rings. The second-order valence-electron chi connectivity index (χ2n) is 4.83. The molecule has 0 spiro atoms. The molecule has 0 bridgehead atoms. The highest BCUT2D eigenvalue weighted by atomic mass is 15.3. The zero-order valence-electron chi connectivity index (χ0n) is 11.5. The van der Waals surface area contributed by atoms with Crippen LogP contribution in [0.4, 0.5) is 0 Å². The maximum Gasteiger partial charge on any atom is 0.0597 e. The van der Waals surface area contributed by atoms with Gasteiger partial charge in [-0.2, -0.15) is 5.10 Å². The maximum absolute atomic E-state index is 4.40. The van der Waals surface area contributed by atoms with Crippen molar-refractivity contribution in [2.45, 2.75) is 6.54 Å². The molecule has 0 aliphatic carbocycles. The molecule has 3 rings (SSSR count). The minimum atomic E-state index is 0.815. The van der Waals surface area contributed by atoms with E-state index in [1.807, 2.05) is 25.0 Å². The monoisotopic (exact) mass is 254 g/mol. The lowest BCUT2D eigenvalue weighted by Crippen LogP contribution is -2.10. The van der Waals surface area contributed by atoms with Gasteiger partial charge in [-0.05, 0) is 13.1 Å². The first-order valence-electron chi connectivity index (χ1n) is 6.42. The third-order valence-electron chi connectivity index (χ3n) is 3.59. The van der Waals surface area contributed by atoms with Crippen molar-refractivity contribution in [1.29, 1.82) is 0 Å². The average Bonchev–Trinajstić information content (AvgIpc) is 2.93. The van der Waals surface area contributed by atoms with Gasteiger partial charge in [0, 0.05) is 48.9 Å². The normalized spacial score (nSPS) is 11.3. The number of hydrogen-bond donors (Lipinski definition) is 1. The highest BCUT2D eigenvalue weighted by molar-refractivity contribution is 5.96. The highest BCUT2D eigenvalue weighted by Crippen LogP contribution is 2.32. The van der Waals surface area contributed by atoms with Gasteiger partial charge in [0.2, 0.25) is 0 Å². The summed E-state index contributed by atoms with van der Waals surface area (Å²) >= 11 is 0. The molecule has 0 unspecified atom stereocenters. The Bertz CT molecular complexity index is 721. The van der Waals surface area contributed by atoms with Crippen molar-refractivity contribution in [3.63, 3.8) is 0 Å². The molecule has 0 radical (unpaired) electrons. The van der Waals surface area contributed by atoms with E-state index in [0.717, 1.165) is 6.54 Å². The molecule has 4 nitrogen and oxygen atoms in total. The van der Waals surface area contributed by atoms with Gasteiger partial charge in [-0.3, -0.25) is 4.68 Å². The van der Waals surface area contributed by atoms with Crippen molar-refractivity contribution >= 4 is 10.9 Å². The molecular formula is C15H18N4. The molecule has 2 heterocycles. The number of nitrogens with zero attached hydrogens (tertiary/aromatic N) is 3. The van der Waals surface area contributed by atoms with E-state index in [1.165, 1.54) is 27.7 Å². The van der Waals surface area contributed by atoms with Crippen molar-refractivity contribution in [1.82, 2.24) is 19.7 Å². The van der Waals surface area contributed by atoms with Gasteiger partial charge in [0.15, 0.2) is 0 Å². The largest absolute Gasteiger partial charge is 0.350 e. The number of fused-ring (bicyclic) bond motifs is 1. The van der Waals surface area contributed by atoms with Gasteiger partial charge in [-0.1, -0.05) is 18.2 Å². The van der Waals surface area contributed by atoms with Gasteiger partial charge in [-0.25, -0.2) is 0 Å². The van der Waals surface area contributed by atoms with Crippen LogP contribution in [0.15, 0.2) is 36.7 Å². The van der Waals surface area contributed by atoms with E-state index in [9.17, 15) is 0 Å². The van der Waals surface area contributed by atoms with E-state index in [2.05, 4.69) is 52.5 Å². The third-order valence-corrected chi connectivity index (χ3v) is 3.59. The van der Waals surface area contributed by atoms with E-state index in [1.54, 1.807) is 0 Å². The predicted molar refractivity (Wildman–Crippen MR) is 77.9 cm³/mol. The van der Waals surface area contributed by atoms with Crippen LogP contribution in [0.2, 0.25) is 0 Å². The average molecular weight is 254 g/mol. The fraction of sp³-hybridized carbons (Fsp3) is 0.267. The molecule has 0 saturated carbocycles. The summed E-state index contributed by atoms with van der Waals surface area (Å²) in [6.45, 7) is 0.815. The summed E-state index contributed by atoms with van der Waals surface area (Å²) in [6.07, 6.45) is 4.13.